The van der Waals surface area contributed by atoms with Crippen LogP contribution in [0.4, 0.5) is 0 Å². The van der Waals surface area contributed by atoms with Crippen LogP contribution in [0.1, 0.15) is 11.1 Å². The third-order valence-electron chi connectivity index (χ3n) is 2.16. The summed E-state index contributed by atoms with van der Waals surface area (Å²) in [6, 6.07) is 3.88. The lowest BCUT2D eigenvalue weighted by molar-refractivity contribution is 0.281. The number of aliphatic hydroxyl groups excluding tert-OH is 1. The zero-order chi connectivity index (χ0) is 8.55. The molecule has 0 atom stereocenters. The number of nitrogens with zero attached hydrogens (tertiary/aromatic N) is 1. The van der Waals surface area contributed by atoms with Crippen LogP contribution >= 0.6 is 0 Å². The molecule has 0 saturated carbocycles. The highest BCUT2D eigenvalue weighted by Gasteiger charge is 2.02. The number of rotatable bonds is 1. The van der Waals surface area contributed by atoms with Gasteiger partial charge in [-0.1, -0.05) is 12.1 Å². The standard InChI is InChI=1S/C9H10N2O/c1-6-8(5-12)3-2-7-4-10-11-9(6)7/h2-4,12H,5H2,1H3,(H,10,11). The Morgan fingerprint density at radius 3 is 3.08 bits per heavy atom. The van der Waals surface area contributed by atoms with Crippen molar-refractivity contribution in [3.63, 3.8) is 0 Å². The molecule has 0 aliphatic heterocycles. The fourth-order valence-corrected chi connectivity index (χ4v) is 1.37. The molecule has 1 aromatic heterocycles. The summed E-state index contributed by atoms with van der Waals surface area (Å²) in [7, 11) is 0. The summed E-state index contributed by atoms with van der Waals surface area (Å²) in [5.41, 5.74) is 3.04. The van der Waals surface area contributed by atoms with Gasteiger partial charge in [0.25, 0.3) is 0 Å². The van der Waals surface area contributed by atoms with E-state index in [4.69, 9.17) is 5.11 Å². The zero-order valence-corrected chi connectivity index (χ0v) is 6.83. The minimum absolute atomic E-state index is 0.0841. The predicted molar refractivity (Wildman–Crippen MR) is 46.8 cm³/mol. The number of H-pyrrole nitrogens is 1. The lowest BCUT2D eigenvalue weighted by Gasteiger charge is -2.01. The lowest BCUT2D eigenvalue weighted by Crippen LogP contribution is -1.88. The van der Waals surface area contributed by atoms with Crippen molar-refractivity contribution in [1.29, 1.82) is 0 Å². The molecule has 3 heteroatoms. The normalized spacial score (nSPS) is 10.8. The van der Waals surface area contributed by atoms with Gasteiger partial charge in [-0.15, -0.1) is 0 Å². The fourth-order valence-electron chi connectivity index (χ4n) is 1.37. The molecule has 0 unspecified atom stereocenters. The SMILES string of the molecule is Cc1c(CO)ccc2cn[nH]c12. The highest BCUT2D eigenvalue weighted by atomic mass is 16.3. The van der Waals surface area contributed by atoms with Crippen molar-refractivity contribution in [3.8, 4) is 0 Å². The highest BCUT2D eigenvalue weighted by molar-refractivity contribution is 5.82. The van der Waals surface area contributed by atoms with Crippen molar-refractivity contribution >= 4 is 10.9 Å². The quantitative estimate of drug-likeness (QED) is 0.665. The van der Waals surface area contributed by atoms with Gasteiger partial charge in [-0.25, -0.2) is 0 Å². The molecule has 62 valence electrons. The van der Waals surface area contributed by atoms with Crippen LogP contribution in [-0.2, 0) is 6.61 Å². The third kappa shape index (κ3) is 0.905. The van der Waals surface area contributed by atoms with Crippen molar-refractivity contribution in [3.05, 3.63) is 29.5 Å². The largest absolute Gasteiger partial charge is 0.392 e. The number of fused-ring (bicyclic) bond motifs is 1. The molecule has 0 bridgehead atoms. The number of aliphatic hydroxyl groups is 1. The van der Waals surface area contributed by atoms with Crippen LogP contribution in [0.25, 0.3) is 10.9 Å². The first-order valence-corrected chi connectivity index (χ1v) is 3.85. The molecule has 1 aromatic carbocycles. The van der Waals surface area contributed by atoms with Crippen LogP contribution in [0.15, 0.2) is 18.3 Å². The maximum Gasteiger partial charge on any atom is 0.0685 e. The van der Waals surface area contributed by atoms with E-state index >= 15 is 0 Å². The molecule has 0 amide bonds. The third-order valence-corrected chi connectivity index (χ3v) is 2.16. The maximum atomic E-state index is 8.98. The fraction of sp³-hybridized carbons (Fsp3) is 0.222. The Morgan fingerprint density at radius 2 is 2.33 bits per heavy atom. The minimum Gasteiger partial charge on any atom is -0.392 e. The molecule has 2 rings (SSSR count). The molecular formula is C9H10N2O. The molecule has 0 radical (unpaired) electrons. The van der Waals surface area contributed by atoms with E-state index in [2.05, 4.69) is 10.2 Å². The highest BCUT2D eigenvalue weighted by Crippen LogP contribution is 2.18. The first kappa shape index (κ1) is 7.31. The Balaban J connectivity index is 2.78. The summed E-state index contributed by atoms with van der Waals surface area (Å²) in [4.78, 5) is 0. The first-order valence-electron chi connectivity index (χ1n) is 3.85. The van der Waals surface area contributed by atoms with Gasteiger partial charge < -0.3 is 5.11 Å². The number of aryl methyl sites for hydroxylation is 1. The van der Waals surface area contributed by atoms with Crippen molar-refractivity contribution in [2.75, 3.05) is 0 Å². The molecule has 0 aliphatic rings. The summed E-state index contributed by atoms with van der Waals surface area (Å²) in [5.74, 6) is 0. The van der Waals surface area contributed by atoms with Gasteiger partial charge in [-0.3, -0.25) is 5.10 Å². The molecular weight excluding hydrogens is 152 g/mol. The Morgan fingerprint density at radius 1 is 1.50 bits per heavy atom. The summed E-state index contributed by atoms with van der Waals surface area (Å²) >= 11 is 0. The van der Waals surface area contributed by atoms with E-state index in [0.717, 1.165) is 22.0 Å². The second kappa shape index (κ2) is 2.60. The Labute approximate surface area is 70.0 Å². The Hall–Kier alpha value is -1.35. The number of hydrogen-bond acceptors (Lipinski definition) is 2. The zero-order valence-electron chi connectivity index (χ0n) is 6.83. The second-order valence-electron chi connectivity index (χ2n) is 2.84. The molecule has 12 heavy (non-hydrogen) atoms. The van der Waals surface area contributed by atoms with Gasteiger partial charge in [0, 0.05) is 5.39 Å². The first-order chi connectivity index (χ1) is 5.83. The van der Waals surface area contributed by atoms with Crippen LogP contribution in [-0.4, -0.2) is 15.3 Å². The second-order valence-corrected chi connectivity index (χ2v) is 2.84. The van der Waals surface area contributed by atoms with E-state index in [9.17, 15) is 0 Å². The number of nitrogens with one attached hydrogen (secondary N) is 1. The monoisotopic (exact) mass is 162 g/mol. The smallest absolute Gasteiger partial charge is 0.0685 e. The molecule has 2 N–H and O–H groups in total. The number of hydrogen-bond donors (Lipinski definition) is 2. The van der Waals surface area contributed by atoms with Crippen molar-refractivity contribution in [2.24, 2.45) is 0 Å². The summed E-state index contributed by atoms with van der Waals surface area (Å²) in [6.07, 6.45) is 1.78. The van der Waals surface area contributed by atoms with Crippen molar-refractivity contribution in [1.82, 2.24) is 10.2 Å². The van der Waals surface area contributed by atoms with Gasteiger partial charge in [0.15, 0.2) is 0 Å². The maximum absolute atomic E-state index is 8.98. The molecule has 0 saturated heterocycles. The molecule has 2 aromatic rings. The van der Waals surface area contributed by atoms with Crippen LogP contribution in [0.5, 0.6) is 0 Å². The summed E-state index contributed by atoms with van der Waals surface area (Å²) in [6.45, 7) is 2.06. The van der Waals surface area contributed by atoms with E-state index < -0.39 is 0 Å². The van der Waals surface area contributed by atoms with E-state index in [0.29, 0.717) is 0 Å². The van der Waals surface area contributed by atoms with Gasteiger partial charge in [0.2, 0.25) is 0 Å². The van der Waals surface area contributed by atoms with E-state index in [1.807, 2.05) is 19.1 Å². The van der Waals surface area contributed by atoms with Gasteiger partial charge in [-0.05, 0) is 18.1 Å². The summed E-state index contributed by atoms with van der Waals surface area (Å²) in [5, 5.41) is 16.9. The van der Waals surface area contributed by atoms with E-state index in [-0.39, 0.29) is 6.61 Å². The Kier molecular flexibility index (Phi) is 1.59. The van der Waals surface area contributed by atoms with E-state index in [1.165, 1.54) is 0 Å². The molecule has 1 heterocycles. The van der Waals surface area contributed by atoms with Gasteiger partial charge in [0.1, 0.15) is 0 Å². The van der Waals surface area contributed by atoms with Gasteiger partial charge in [-0.2, -0.15) is 5.10 Å². The average molecular weight is 162 g/mol. The summed E-state index contributed by atoms with van der Waals surface area (Å²) < 4.78 is 0. The number of aromatic nitrogens is 2. The molecule has 3 nitrogen and oxygen atoms in total. The Bertz CT molecular complexity index is 406. The van der Waals surface area contributed by atoms with Crippen LogP contribution in [0.2, 0.25) is 0 Å². The van der Waals surface area contributed by atoms with Gasteiger partial charge >= 0.3 is 0 Å². The number of benzene rings is 1. The van der Waals surface area contributed by atoms with Crippen LogP contribution in [0, 0.1) is 6.92 Å². The van der Waals surface area contributed by atoms with Crippen LogP contribution < -0.4 is 0 Å². The minimum atomic E-state index is 0.0841. The molecule has 0 spiro atoms. The van der Waals surface area contributed by atoms with E-state index in [1.54, 1.807) is 6.20 Å². The predicted octanol–water partition coefficient (Wildman–Crippen LogP) is 1.36. The molecule has 0 aliphatic carbocycles. The number of aromatic amines is 1. The average Bonchev–Trinajstić information content (AvgIpc) is 2.53. The topological polar surface area (TPSA) is 48.9 Å². The van der Waals surface area contributed by atoms with Crippen LogP contribution in [0.3, 0.4) is 0 Å². The van der Waals surface area contributed by atoms with Crippen molar-refractivity contribution in [2.45, 2.75) is 13.5 Å². The van der Waals surface area contributed by atoms with Crippen molar-refractivity contribution < 1.29 is 5.11 Å². The molecule has 0 fully saturated rings. The van der Waals surface area contributed by atoms with Gasteiger partial charge in [0.05, 0.1) is 18.3 Å². The lowest BCUT2D eigenvalue weighted by atomic mass is 10.1.